The predicted octanol–water partition coefficient (Wildman–Crippen LogP) is 2.20. The van der Waals surface area contributed by atoms with E-state index in [4.69, 9.17) is 0 Å². The molecule has 4 nitrogen and oxygen atoms in total. The first-order valence-electron chi connectivity index (χ1n) is 5.25. The van der Waals surface area contributed by atoms with Crippen molar-refractivity contribution in [3.8, 4) is 0 Å². The van der Waals surface area contributed by atoms with Crippen molar-refractivity contribution >= 4 is 33.6 Å². The van der Waals surface area contributed by atoms with Gasteiger partial charge in [-0.2, -0.15) is 0 Å². The smallest absolute Gasteiger partial charge is 0.235 e. The van der Waals surface area contributed by atoms with Gasteiger partial charge in [0.05, 0.1) is 18.2 Å². The van der Waals surface area contributed by atoms with Gasteiger partial charge in [-0.05, 0) is 40.5 Å². The van der Waals surface area contributed by atoms with Crippen LogP contribution in [-0.4, -0.2) is 24.6 Å². The van der Waals surface area contributed by atoms with Crippen LogP contribution in [0.1, 0.15) is 12.0 Å². The fourth-order valence-electron chi connectivity index (χ4n) is 1.91. The normalized spacial score (nSPS) is 19.3. The highest BCUT2D eigenvalue weighted by Crippen LogP contribution is 2.31. The van der Waals surface area contributed by atoms with Gasteiger partial charge in [-0.25, -0.2) is 9.79 Å². The average molecular weight is 295 g/mol. The zero-order valence-corrected chi connectivity index (χ0v) is 10.9. The summed E-state index contributed by atoms with van der Waals surface area (Å²) in [6, 6.07) is 5.53. The molecule has 1 aliphatic rings. The first-order valence-corrected chi connectivity index (χ1v) is 6.04. The third kappa shape index (κ3) is 2.46. The average Bonchev–Trinajstić information content (AvgIpc) is 2.60. The number of halogens is 1. The molecular weight excluding hydrogens is 284 g/mol. The molecule has 0 spiro atoms. The number of anilines is 1. The third-order valence-electron chi connectivity index (χ3n) is 2.73. The Balaban J connectivity index is 2.28. The molecule has 1 aromatic carbocycles. The molecule has 1 unspecified atom stereocenters. The van der Waals surface area contributed by atoms with Crippen molar-refractivity contribution in [1.29, 1.82) is 0 Å². The van der Waals surface area contributed by atoms with E-state index in [9.17, 15) is 9.59 Å². The minimum Gasteiger partial charge on any atom is -0.309 e. The molecule has 1 heterocycles. The molecule has 0 aromatic heterocycles. The fourth-order valence-corrected chi connectivity index (χ4v) is 2.62. The van der Waals surface area contributed by atoms with Crippen molar-refractivity contribution in [2.24, 2.45) is 4.99 Å². The number of carbonyl (C=O) groups is 1. The Kier molecular flexibility index (Phi) is 3.41. The molecular formula is C12H11BrN2O2. The van der Waals surface area contributed by atoms with Crippen molar-refractivity contribution in [3.63, 3.8) is 0 Å². The summed E-state index contributed by atoms with van der Waals surface area (Å²) >= 11 is 3.44. The Morgan fingerprint density at radius 3 is 2.94 bits per heavy atom. The molecule has 1 saturated heterocycles. The molecule has 1 aliphatic heterocycles. The number of nitrogens with zero attached hydrogens (tertiary/aromatic N) is 2. The largest absolute Gasteiger partial charge is 0.309 e. The Morgan fingerprint density at radius 1 is 1.53 bits per heavy atom. The summed E-state index contributed by atoms with van der Waals surface area (Å²) in [6.07, 6.45) is 1.78. The van der Waals surface area contributed by atoms with E-state index in [2.05, 4.69) is 20.9 Å². The van der Waals surface area contributed by atoms with Gasteiger partial charge in [-0.3, -0.25) is 4.79 Å². The Morgan fingerprint density at radius 2 is 2.29 bits per heavy atom. The van der Waals surface area contributed by atoms with Gasteiger partial charge in [-0.1, -0.05) is 6.07 Å². The Labute approximate surface area is 107 Å². The molecule has 1 atom stereocenters. The van der Waals surface area contributed by atoms with E-state index in [1.54, 1.807) is 4.90 Å². The molecule has 0 saturated carbocycles. The van der Waals surface area contributed by atoms with Crippen LogP contribution in [0.15, 0.2) is 27.7 Å². The number of rotatable bonds is 2. The standard InChI is InChI=1S/C12H11BrN2O2/c1-8-2-3-11(10(13)4-8)15-6-9(14-7-16)5-12(15)17/h2-4,9H,5-6H2,1H3. The highest BCUT2D eigenvalue weighted by molar-refractivity contribution is 9.10. The number of aryl methyl sites for hydroxylation is 1. The summed E-state index contributed by atoms with van der Waals surface area (Å²) in [5, 5.41) is 0. The highest BCUT2D eigenvalue weighted by atomic mass is 79.9. The first-order chi connectivity index (χ1) is 8.11. The van der Waals surface area contributed by atoms with Gasteiger partial charge in [0.2, 0.25) is 12.0 Å². The molecule has 2 rings (SSSR count). The summed E-state index contributed by atoms with van der Waals surface area (Å²) < 4.78 is 0.876. The minimum atomic E-state index is -0.270. The molecule has 1 amide bonds. The lowest BCUT2D eigenvalue weighted by Gasteiger charge is -2.17. The number of hydrogen-bond donors (Lipinski definition) is 0. The molecule has 88 valence electrons. The van der Waals surface area contributed by atoms with Gasteiger partial charge in [0.1, 0.15) is 0 Å². The Hall–Kier alpha value is -1.45. The monoisotopic (exact) mass is 294 g/mol. The maximum atomic E-state index is 11.8. The minimum absolute atomic E-state index is 0.0152. The molecule has 5 heteroatoms. The highest BCUT2D eigenvalue weighted by Gasteiger charge is 2.31. The van der Waals surface area contributed by atoms with E-state index in [0.29, 0.717) is 6.54 Å². The second-order valence-electron chi connectivity index (χ2n) is 4.04. The van der Waals surface area contributed by atoms with Crippen LogP contribution in [-0.2, 0) is 9.59 Å². The number of aliphatic imine (C=N–C) groups is 1. The van der Waals surface area contributed by atoms with Crippen molar-refractivity contribution in [3.05, 3.63) is 28.2 Å². The van der Waals surface area contributed by atoms with Crippen LogP contribution in [0.5, 0.6) is 0 Å². The van der Waals surface area contributed by atoms with E-state index >= 15 is 0 Å². The van der Waals surface area contributed by atoms with Crippen molar-refractivity contribution in [1.82, 2.24) is 0 Å². The van der Waals surface area contributed by atoms with Crippen molar-refractivity contribution in [2.75, 3.05) is 11.4 Å². The lowest BCUT2D eigenvalue weighted by Crippen LogP contribution is -2.25. The van der Waals surface area contributed by atoms with E-state index in [0.717, 1.165) is 15.7 Å². The number of benzene rings is 1. The lowest BCUT2D eigenvalue weighted by atomic mass is 10.2. The van der Waals surface area contributed by atoms with Gasteiger partial charge >= 0.3 is 0 Å². The quantitative estimate of drug-likeness (QED) is 0.620. The van der Waals surface area contributed by atoms with Crippen LogP contribution in [0, 0.1) is 6.92 Å². The maximum Gasteiger partial charge on any atom is 0.235 e. The van der Waals surface area contributed by atoms with Crippen LogP contribution < -0.4 is 4.90 Å². The van der Waals surface area contributed by atoms with Crippen LogP contribution >= 0.6 is 15.9 Å². The van der Waals surface area contributed by atoms with Gasteiger partial charge in [0, 0.05) is 11.0 Å². The first kappa shape index (κ1) is 12.0. The summed E-state index contributed by atoms with van der Waals surface area (Å²) in [5.41, 5.74) is 1.94. The number of amides is 1. The second kappa shape index (κ2) is 4.82. The van der Waals surface area contributed by atoms with Crippen LogP contribution in [0.4, 0.5) is 5.69 Å². The van der Waals surface area contributed by atoms with Crippen molar-refractivity contribution in [2.45, 2.75) is 19.4 Å². The van der Waals surface area contributed by atoms with Gasteiger partial charge in [0.15, 0.2) is 0 Å². The number of hydrogen-bond acceptors (Lipinski definition) is 3. The van der Waals surface area contributed by atoms with E-state index in [1.165, 1.54) is 6.08 Å². The van der Waals surface area contributed by atoms with Gasteiger partial charge in [-0.15, -0.1) is 0 Å². The summed E-state index contributed by atoms with van der Waals surface area (Å²) in [4.78, 5) is 27.3. The second-order valence-corrected chi connectivity index (χ2v) is 4.89. The predicted molar refractivity (Wildman–Crippen MR) is 67.8 cm³/mol. The molecule has 1 aromatic rings. The van der Waals surface area contributed by atoms with Crippen LogP contribution in [0.3, 0.4) is 0 Å². The molecule has 0 aliphatic carbocycles. The topological polar surface area (TPSA) is 49.7 Å². The van der Waals surface area contributed by atoms with Crippen molar-refractivity contribution < 1.29 is 9.59 Å². The zero-order valence-electron chi connectivity index (χ0n) is 9.31. The zero-order chi connectivity index (χ0) is 12.4. The van der Waals surface area contributed by atoms with Gasteiger partial charge in [0.25, 0.3) is 0 Å². The molecule has 1 fully saturated rings. The van der Waals surface area contributed by atoms with Crippen LogP contribution in [0.25, 0.3) is 0 Å². The maximum absolute atomic E-state index is 11.8. The van der Waals surface area contributed by atoms with E-state index < -0.39 is 0 Å². The summed E-state index contributed by atoms with van der Waals surface area (Å²) in [7, 11) is 0. The molecule has 0 radical (unpaired) electrons. The van der Waals surface area contributed by atoms with E-state index in [-0.39, 0.29) is 18.4 Å². The lowest BCUT2D eigenvalue weighted by molar-refractivity contribution is -0.117. The summed E-state index contributed by atoms with van der Waals surface area (Å²) in [5.74, 6) is -0.0152. The Bertz CT molecular complexity index is 509. The van der Waals surface area contributed by atoms with Gasteiger partial charge < -0.3 is 4.90 Å². The van der Waals surface area contributed by atoms with E-state index in [1.807, 2.05) is 25.1 Å². The third-order valence-corrected chi connectivity index (χ3v) is 3.37. The SMILES string of the molecule is Cc1ccc(N2CC(N=C=O)CC2=O)c(Br)c1. The number of isocyanates is 1. The molecule has 17 heavy (non-hydrogen) atoms. The molecule has 0 bridgehead atoms. The molecule has 0 N–H and O–H groups in total. The fraction of sp³-hybridized carbons (Fsp3) is 0.333. The number of carbonyl (C=O) groups excluding carboxylic acids is 2. The van der Waals surface area contributed by atoms with Crippen LogP contribution in [0.2, 0.25) is 0 Å². The summed E-state index contributed by atoms with van der Waals surface area (Å²) in [6.45, 7) is 2.43.